The largest absolute Gasteiger partial charge is 0.483 e. The predicted octanol–water partition coefficient (Wildman–Crippen LogP) is 5.03. The van der Waals surface area contributed by atoms with Gasteiger partial charge in [-0.3, -0.25) is 9.59 Å². The van der Waals surface area contributed by atoms with Gasteiger partial charge in [-0.1, -0.05) is 43.6 Å². The van der Waals surface area contributed by atoms with Gasteiger partial charge in [0, 0.05) is 29.7 Å². The van der Waals surface area contributed by atoms with E-state index in [1.807, 2.05) is 49.4 Å². The maximum atomic E-state index is 12.6. The third kappa shape index (κ3) is 5.54. The van der Waals surface area contributed by atoms with E-state index >= 15 is 0 Å². The number of benzene rings is 2. The summed E-state index contributed by atoms with van der Waals surface area (Å²) in [4.78, 5) is 26.9. The molecule has 2 aromatic rings. The Balaban J connectivity index is 1.51. The van der Waals surface area contributed by atoms with Crippen LogP contribution in [0.3, 0.4) is 0 Å². The fourth-order valence-electron chi connectivity index (χ4n) is 3.63. The second kappa shape index (κ2) is 9.98. The number of nitrogens with zero attached hydrogens (tertiary/aromatic N) is 1. The Labute approximate surface area is 183 Å². The predicted molar refractivity (Wildman–Crippen MR) is 120 cm³/mol. The van der Waals surface area contributed by atoms with Crippen LogP contribution in [0.25, 0.3) is 0 Å². The molecular weight excluding hydrogens is 400 g/mol. The van der Waals surface area contributed by atoms with E-state index in [1.165, 1.54) is 0 Å². The number of amides is 2. The Hall–Kier alpha value is -2.53. The molecule has 0 radical (unpaired) electrons. The van der Waals surface area contributed by atoms with E-state index in [-0.39, 0.29) is 30.3 Å². The van der Waals surface area contributed by atoms with Crippen molar-refractivity contribution in [3.63, 3.8) is 0 Å². The zero-order valence-electron chi connectivity index (χ0n) is 17.8. The van der Waals surface area contributed by atoms with Crippen LogP contribution in [-0.2, 0) is 9.59 Å². The molecular formula is C24H29ClN2O3. The van der Waals surface area contributed by atoms with Crippen molar-refractivity contribution in [1.82, 2.24) is 4.90 Å². The van der Waals surface area contributed by atoms with Gasteiger partial charge >= 0.3 is 0 Å². The summed E-state index contributed by atoms with van der Waals surface area (Å²) in [5.41, 5.74) is 2.72. The first-order valence-electron chi connectivity index (χ1n) is 10.4. The summed E-state index contributed by atoms with van der Waals surface area (Å²) >= 11 is 6.24. The molecule has 0 aliphatic carbocycles. The van der Waals surface area contributed by atoms with Gasteiger partial charge in [0.2, 0.25) is 5.91 Å². The molecule has 1 aliphatic rings. The molecule has 1 heterocycles. The van der Waals surface area contributed by atoms with Crippen LogP contribution in [-0.4, -0.2) is 36.4 Å². The molecule has 0 atom stereocenters. The number of carbonyl (C=O) groups is 2. The van der Waals surface area contributed by atoms with Crippen LogP contribution >= 0.6 is 11.6 Å². The Morgan fingerprint density at radius 3 is 2.47 bits per heavy atom. The van der Waals surface area contributed by atoms with Crippen LogP contribution in [0.2, 0.25) is 5.02 Å². The van der Waals surface area contributed by atoms with Gasteiger partial charge in [0.15, 0.2) is 6.61 Å². The van der Waals surface area contributed by atoms with Gasteiger partial charge < -0.3 is 15.0 Å². The smallest absolute Gasteiger partial charge is 0.260 e. The summed E-state index contributed by atoms with van der Waals surface area (Å²) < 4.78 is 5.87. The Kier molecular flexibility index (Phi) is 7.38. The SMILES string of the molecule is Cc1cc(OCC(=O)N2CCC(C(=O)Nc3ccccc3)CC2)c(C(C)C)cc1Cl. The zero-order valence-corrected chi connectivity index (χ0v) is 18.5. The first kappa shape index (κ1) is 22.2. The third-order valence-corrected chi connectivity index (χ3v) is 5.93. The van der Waals surface area contributed by atoms with Gasteiger partial charge in [0.1, 0.15) is 5.75 Å². The maximum absolute atomic E-state index is 12.6. The molecule has 2 aromatic carbocycles. The van der Waals surface area contributed by atoms with Crippen LogP contribution in [0.1, 0.15) is 43.7 Å². The summed E-state index contributed by atoms with van der Waals surface area (Å²) in [5, 5.41) is 3.65. The summed E-state index contributed by atoms with van der Waals surface area (Å²) in [7, 11) is 0. The van der Waals surface area contributed by atoms with Crippen LogP contribution in [0.15, 0.2) is 42.5 Å². The van der Waals surface area contributed by atoms with E-state index in [9.17, 15) is 9.59 Å². The summed E-state index contributed by atoms with van der Waals surface area (Å²) in [6.07, 6.45) is 1.31. The molecule has 0 unspecified atom stereocenters. The van der Waals surface area contributed by atoms with E-state index < -0.39 is 0 Å². The average molecular weight is 429 g/mol. The highest BCUT2D eigenvalue weighted by molar-refractivity contribution is 6.31. The number of rotatable bonds is 6. The van der Waals surface area contributed by atoms with Crippen LogP contribution in [0, 0.1) is 12.8 Å². The maximum Gasteiger partial charge on any atom is 0.260 e. The van der Waals surface area contributed by atoms with Crippen molar-refractivity contribution in [3.05, 3.63) is 58.6 Å². The fourth-order valence-corrected chi connectivity index (χ4v) is 3.81. The molecule has 30 heavy (non-hydrogen) atoms. The van der Waals surface area contributed by atoms with Gasteiger partial charge in [-0.05, 0) is 61.1 Å². The van der Waals surface area contributed by atoms with Crippen molar-refractivity contribution in [2.75, 3.05) is 25.0 Å². The third-order valence-electron chi connectivity index (χ3n) is 5.52. The number of hydrogen-bond acceptors (Lipinski definition) is 3. The lowest BCUT2D eigenvalue weighted by Gasteiger charge is -2.31. The molecule has 0 bridgehead atoms. The molecule has 160 valence electrons. The molecule has 5 nitrogen and oxygen atoms in total. The number of halogens is 1. The number of ether oxygens (including phenoxy) is 1. The number of carbonyl (C=O) groups excluding carboxylic acids is 2. The number of para-hydroxylation sites is 1. The topological polar surface area (TPSA) is 58.6 Å². The minimum absolute atomic E-state index is 0.0122. The highest BCUT2D eigenvalue weighted by Gasteiger charge is 2.27. The zero-order chi connectivity index (χ0) is 21.7. The monoisotopic (exact) mass is 428 g/mol. The van der Waals surface area contributed by atoms with Crippen molar-refractivity contribution in [3.8, 4) is 5.75 Å². The minimum Gasteiger partial charge on any atom is -0.483 e. The molecule has 3 rings (SSSR count). The van der Waals surface area contributed by atoms with Gasteiger partial charge in [-0.25, -0.2) is 0 Å². The van der Waals surface area contributed by atoms with Crippen LogP contribution in [0.4, 0.5) is 5.69 Å². The first-order valence-corrected chi connectivity index (χ1v) is 10.8. The fraction of sp³-hybridized carbons (Fsp3) is 0.417. The lowest BCUT2D eigenvalue weighted by atomic mass is 9.95. The minimum atomic E-state index is -0.0818. The molecule has 0 aromatic heterocycles. The molecule has 0 saturated carbocycles. The normalized spacial score (nSPS) is 14.6. The van der Waals surface area contributed by atoms with E-state index in [1.54, 1.807) is 4.90 Å². The van der Waals surface area contributed by atoms with Crippen LogP contribution in [0.5, 0.6) is 5.75 Å². The highest BCUT2D eigenvalue weighted by Crippen LogP contribution is 2.32. The van der Waals surface area contributed by atoms with Crippen molar-refractivity contribution >= 4 is 29.1 Å². The van der Waals surface area contributed by atoms with Gasteiger partial charge in [-0.15, -0.1) is 0 Å². The van der Waals surface area contributed by atoms with Gasteiger partial charge in [0.25, 0.3) is 5.91 Å². The lowest BCUT2D eigenvalue weighted by Crippen LogP contribution is -2.43. The Morgan fingerprint density at radius 1 is 1.17 bits per heavy atom. The Bertz CT molecular complexity index is 891. The number of piperidine rings is 1. The second-order valence-corrected chi connectivity index (χ2v) is 8.50. The Morgan fingerprint density at radius 2 is 1.83 bits per heavy atom. The summed E-state index contributed by atoms with van der Waals surface area (Å²) in [6, 6.07) is 13.3. The molecule has 6 heteroatoms. The number of likely N-dealkylation sites (tertiary alicyclic amines) is 1. The summed E-state index contributed by atoms with van der Waals surface area (Å²) in [6.45, 7) is 7.17. The molecule has 1 N–H and O–H groups in total. The van der Waals surface area contributed by atoms with Crippen LogP contribution < -0.4 is 10.1 Å². The number of anilines is 1. The quantitative estimate of drug-likeness (QED) is 0.702. The number of hydrogen-bond donors (Lipinski definition) is 1. The molecule has 1 saturated heterocycles. The second-order valence-electron chi connectivity index (χ2n) is 8.09. The number of nitrogens with one attached hydrogen (secondary N) is 1. The average Bonchev–Trinajstić information content (AvgIpc) is 2.74. The summed E-state index contributed by atoms with van der Waals surface area (Å²) in [5.74, 6) is 0.827. The van der Waals surface area contributed by atoms with Crippen molar-refractivity contribution in [2.24, 2.45) is 5.92 Å². The van der Waals surface area contributed by atoms with Gasteiger partial charge in [0.05, 0.1) is 0 Å². The van der Waals surface area contributed by atoms with Crippen molar-refractivity contribution in [2.45, 2.75) is 39.5 Å². The standard InChI is InChI=1S/C24H29ClN2O3/c1-16(2)20-14-21(25)17(3)13-22(20)30-15-23(28)27-11-9-18(10-12-27)24(29)26-19-7-5-4-6-8-19/h4-8,13-14,16,18H,9-12,15H2,1-3H3,(H,26,29). The first-order chi connectivity index (χ1) is 14.3. The van der Waals surface area contributed by atoms with E-state index in [0.29, 0.717) is 36.7 Å². The van der Waals surface area contributed by atoms with E-state index in [0.717, 1.165) is 16.8 Å². The lowest BCUT2D eigenvalue weighted by molar-refractivity contribution is -0.136. The molecule has 1 aliphatic heterocycles. The van der Waals surface area contributed by atoms with E-state index in [2.05, 4.69) is 19.2 Å². The van der Waals surface area contributed by atoms with Crippen molar-refractivity contribution < 1.29 is 14.3 Å². The number of aryl methyl sites for hydroxylation is 1. The molecule has 1 fully saturated rings. The van der Waals surface area contributed by atoms with Gasteiger partial charge in [-0.2, -0.15) is 0 Å². The molecule has 2 amide bonds. The van der Waals surface area contributed by atoms with E-state index in [4.69, 9.17) is 16.3 Å². The highest BCUT2D eigenvalue weighted by atomic mass is 35.5. The molecule has 0 spiro atoms. The van der Waals surface area contributed by atoms with Crippen molar-refractivity contribution in [1.29, 1.82) is 0 Å².